The van der Waals surface area contributed by atoms with Gasteiger partial charge in [-0.05, 0) is 6.92 Å². The van der Waals surface area contributed by atoms with E-state index >= 15 is 0 Å². The highest BCUT2D eigenvalue weighted by molar-refractivity contribution is 7.92. The molecule has 0 amide bonds. The minimum Gasteiger partial charge on any atom is -0.339 e. The van der Waals surface area contributed by atoms with Gasteiger partial charge in [-0.25, -0.2) is 4.98 Å². The molecule has 0 spiro atoms. The monoisotopic (exact) mass is 255 g/mol. The predicted molar refractivity (Wildman–Crippen MR) is 61.9 cm³/mol. The fourth-order valence-electron chi connectivity index (χ4n) is 1.32. The van der Waals surface area contributed by atoms with Gasteiger partial charge in [-0.2, -0.15) is 13.5 Å². The Balaban J connectivity index is 2.23. The molecule has 0 atom stereocenters. The van der Waals surface area contributed by atoms with Crippen LogP contribution in [0.4, 0.5) is 5.69 Å². The number of aromatic nitrogens is 4. The van der Waals surface area contributed by atoms with Crippen LogP contribution in [0.15, 0.2) is 29.9 Å². The lowest BCUT2D eigenvalue weighted by Gasteiger charge is -2.01. The summed E-state index contributed by atoms with van der Waals surface area (Å²) in [5.41, 5.74) is 0.428. The second kappa shape index (κ2) is 4.21. The van der Waals surface area contributed by atoms with Crippen molar-refractivity contribution in [2.45, 2.75) is 18.5 Å². The van der Waals surface area contributed by atoms with Crippen molar-refractivity contribution in [3.63, 3.8) is 0 Å². The van der Waals surface area contributed by atoms with Crippen molar-refractivity contribution in [2.24, 2.45) is 7.05 Å². The molecule has 0 aromatic carbocycles. The summed E-state index contributed by atoms with van der Waals surface area (Å²) in [5, 5.41) is 3.97. The van der Waals surface area contributed by atoms with Gasteiger partial charge >= 0.3 is 0 Å². The van der Waals surface area contributed by atoms with Crippen LogP contribution in [-0.2, 0) is 23.6 Å². The summed E-state index contributed by atoms with van der Waals surface area (Å²) < 4.78 is 29.4. The summed E-state index contributed by atoms with van der Waals surface area (Å²) in [5.74, 6) is 0. The van der Waals surface area contributed by atoms with Crippen LogP contribution in [0.1, 0.15) is 6.92 Å². The van der Waals surface area contributed by atoms with Crippen LogP contribution in [0.2, 0.25) is 0 Å². The van der Waals surface area contributed by atoms with E-state index in [0.29, 0.717) is 12.2 Å². The smallest absolute Gasteiger partial charge is 0.281 e. The van der Waals surface area contributed by atoms with E-state index in [4.69, 9.17) is 0 Å². The van der Waals surface area contributed by atoms with Crippen molar-refractivity contribution < 1.29 is 8.42 Å². The number of rotatable bonds is 4. The summed E-state index contributed by atoms with van der Waals surface area (Å²) in [6, 6.07) is 0. The lowest BCUT2D eigenvalue weighted by Crippen LogP contribution is -2.12. The summed E-state index contributed by atoms with van der Waals surface area (Å²) in [6.45, 7) is 2.61. The normalized spacial score (nSPS) is 11.6. The third-order valence-corrected chi connectivity index (χ3v) is 3.43. The molecule has 2 aromatic rings. The molecule has 17 heavy (non-hydrogen) atoms. The van der Waals surface area contributed by atoms with Crippen LogP contribution in [0.3, 0.4) is 0 Å². The molecule has 0 bridgehead atoms. The third-order valence-electron chi connectivity index (χ3n) is 2.17. The largest absolute Gasteiger partial charge is 0.339 e. The van der Waals surface area contributed by atoms with Crippen LogP contribution in [0.5, 0.6) is 0 Å². The Hall–Kier alpha value is -1.83. The lowest BCUT2D eigenvalue weighted by molar-refractivity contribution is 0.598. The van der Waals surface area contributed by atoms with Crippen LogP contribution >= 0.6 is 0 Å². The molecule has 2 aromatic heterocycles. The molecular weight excluding hydrogens is 242 g/mol. The molecule has 7 nitrogen and oxygen atoms in total. The summed E-state index contributed by atoms with van der Waals surface area (Å²) in [6.07, 6.45) is 5.96. The summed E-state index contributed by atoms with van der Waals surface area (Å²) >= 11 is 0. The van der Waals surface area contributed by atoms with E-state index in [1.807, 2.05) is 6.92 Å². The van der Waals surface area contributed by atoms with Crippen LogP contribution < -0.4 is 4.72 Å². The van der Waals surface area contributed by atoms with Gasteiger partial charge in [0.1, 0.15) is 0 Å². The molecule has 0 radical (unpaired) electrons. The Morgan fingerprint density at radius 2 is 2.18 bits per heavy atom. The van der Waals surface area contributed by atoms with Crippen molar-refractivity contribution in [1.82, 2.24) is 19.3 Å². The maximum atomic E-state index is 11.9. The maximum Gasteiger partial charge on any atom is 0.281 e. The standard InChI is InChI=1S/C9H13N5O2S/c1-3-14-5-8(4-11-14)12-17(15,16)9-6-13(2)7-10-9/h4-7,12H,3H2,1-2H3. The van der Waals surface area contributed by atoms with Gasteiger partial charge in [0.25, 0.3) is 10.0 Å². The molecule has 0 unspecified atom stereocenters. The molecule has 0 saturated carbocycles. The zero-order valence-electron chi connectivity index (χ0n) is 9.53. The van der Waals surface area contributed by atoms with Gasteiger partial charge < -0.3 is 4.57 Å². The highest BCUT2D eigenvalue weighted by Gasteiger charge is 2.17. The number of nitrogens with zero attached hydrogens (tertiary/aromatic N) is 4. The first-order valence-corrected chi connectivity index (χ1v) is 6.53. The number of nitrogens with one attached hydrogen (secondary N) is 1. The van der Waals surface area contributed by atoms with Gasteiger partial charge in [-0.1, -0.05) is 0 Å². The van der Waals surface area contributed by atoms with E-state index in [0.717, 1.165) is 0 Å². The van der Waals surface area contributed by atoms with Gasteiger partial charge in [0.05, 0.1) is 18.2 Å². The summed E-state index contributed by atoms with van der Waals surface area (Å²) in [4.78, 5) is 3.80. The van der Waals surface area contributed by atoms with E-state index in [1.165, 1.54) is 18.7 Å². The SMILES string of the molecule is CCn1cc(NS(=O)(=O)c2cn(C)cn2)cn1. The first-order chi connectivity index (χ1) is 8.01. The number of sulfonamides is 1. The number of imidazole rings is 1. The average Bonchev–Trinajstić information content (AvgIpc) is 2.86. The van der Waals surface area contributed by atoms with E-state index in [2.05, 4.69) is 14.8 Å². The van der Waals surface area contributed by atoms with Gasteiger partial charge in [0.15, 0.2) is 5.03 Å². The molecule has 8 heteroatoms. The number of hydrogen-bond acceptors (Lipinski definition) is 4. The van der Waals surface area contributed by atoms with E-state index in [1.54, 1.807) is 22.5 Å². The lowest BCUT2D eigenvalue weighted by atomic mass is 10.6. The average molecular weight is 255 g/mol. The Kier molecular flexibility index (Phi) is 2.88. The summed E-state index contributed by atoms with van der Waals surface area (Å²) in [7, 11) is -1.91. The topological polar surface area (TPSA) is 81.8 Å². The van der Waals surface area contributed by atoms with Crippen molar-refractivity contribution in [1.29, 1.82) is 0 Å². The maximum absolute atomic E-state index is 11.9. The van der Waals surface area contributed by atoms with Gasteiger partial charge in [0, 0.05) is 26.0 Å². The molecule has 1 N–H and O–H groups in total. The third kappa shape index (κ3) is 2.47. The zero-order valence-corrected chi connectivity index (χ0v) is 10.3. The molecule has 2 heterocycles. The van der Waals surface area contributed by atoms with Crippen LogP contribution in [0.25, 0.3) is 0 Å². The van der Waals surface area contributed by atoms with Crippen molar-refractivity contribution in [2.75, 3.05) is 4.72 Å². The molecule has 92 valence electrons. The molecule has 0 fully saturated rings. The molecule has 0 aliphatic rings. The number of hydrogen-bond donors (Lipinski definition) is 1. The van der Waals surface area contributed by atoms with Crippen LogP contribution in [-0.4, -0.2) is 27.7 Å². The van der Waals surface area contributed by atoms with Gasteiger partial charge in [0.2, 0.25) is 0 Å². The second-order valence-electron chi connectivity index (χ2n) is 3.57. The van der Waals surface area contributed by atoms with E-state index in [9.17, 15) is 8.42 Å². The van der Waals surface area contributed by atoms with Crippen molar-refractivity contribution >= 4 is 15.7 Å². The Labute approximate surface area is 99.1 Å². The fraction of sp³-hybridized carbons (Fsp3) is 0.333. The number of aryl methyl sites for hydroxylation is 2. The molecular formula is C9H13N5O2S. The van der Waals surface area contributed by atoms with Crippen molar-refractivity contribution in [3.05, 3.63) is 24.9 Å². The fourth-order valence-corrected chi connectivity index (χ4v) is 2.34. The second-order valence-corrected chi connectivity index (χ2v) is 5.20. The highest BCUT2D eigenvalue weighted by atomic mass is 32.2. The quantitative estimate of drug-likeness (QED) is 0.859. The predicted octanol–water partition coefficient (Wildman–Crippen LogP) is 0.437. The molecule has 2 rings (SSSR count). The number of anilines is 1. The first kappa shape index (κ1) is 11.6. The molecule has 0 saturated heterocycles. The minimum atomic E-state index is -3.62. The highest BCUT2D eigenvalue weighted by Crippen LogP contribution is 2.13. The molecule has 0 aliphatic heterocycles. The van der Waals surface area contributed by atoms with E-state index < -0.39 is 10.0 Å². The Morgan fingerprint density at radius 3 is 2.71 bits per heavy atom. The van der Waals surface area contributed by atoms with Crippen molar-refractivity contribution in [3.8, 4) is 0 Å². The molecule has 0 aliphatic carbocycles. The van der Waals surface area contributed by atoms with Gasteiger partial charge in [-0.3, -0.25) is 9.40 Å². The minimum absolute atomic E-state index is 0.00996. The van der Waals surface area contributed by atoms with Gasteiger partial charge in [-0.15, -0.1) is 0 Å². The Morgan fingerprint density at radius 1 is 1.41 bits per heavy atom. The first-order valence-electron chi connectivity index (χ1n) is 5.04. The zero-order chi connectivity index (χ0) is 12.5. The van der Waals surface area contributed by atoms with E-state index in [-0.39, 0.29) is 5.03 Å². The Bertz CT molecular complexity index is 613. The van der Waals surface area contributed by atoms with Crippen LogP contribution in [0, 0.1) is 0 Å².